The van der Waals surface area contributed by atoms with Crippen molar-refractivity contribution in [1.29, 1.82) is 0 Å². The molecule has 0 N–H and O–H groups in total. The Kier molecular flexibility index (Phi) is 4.82. The normalized spacial score (nSPS) is 15.3. The number of methoxy groups -OCH3 is 1. The van der Waals surface area contributed by atoms with Gasteiger partial charge < -0.3 is 14.0 Å². The van der Waals surface area contributed by atoms with Crippen molar-refractivity contribution in [3.8, 4) is 11.5 Å². The molecule has 0 spiro atoms. The van der Waals surface area contributed by atoms with Crippen LogP contribution < -0.4 is 9.47 Å². The summed E-state index contributed by atoms with van der Waals surface area (Å²) in [5, 5.41) is 0. The van der Waals surface area contributed by atoms with Crippen LogP contribution in [0.1, 0.15) is 23.3 Å². The van der Waals surface area contributed by atoms with Crippen LogP contribution in [0.4, 0.5) is 0 Å². The van der Waals surface area contributed by atoms with Crippen molar-refractivity contribution in [2.45, 2.75) is 17.7 Å². The van der Waals surface area contributed by atoms with E-state index in [1.807, 2.05) is 0 Å². The van der Waals surface area contributed by atoms with E-state index < -0.39 is 16.0 Å². The summed E-state index contributed by atoms with van der Waals surface area (Å²) in [5.41, 5.74) is 0.175. The van der Waals surface area contributed by atoms with Gasteiger partial charge in [0.1, 0.15) is 22.1 Å². The first-order valence-electron chi connectivity index (χ1n) is 7.94. The highest BCUT2D eigenvalue weighted by Gasteiger charge is 2.29. The number of nitrogens with zero attached hydrogens (tertiary/aromatic N) is 2. The van der Waals surface area contributed by atoms with E-state index in [0.29, 0.717) is 24.6 Å². The number of benzene rings is 1. The van der Waals surface area contributed by atoms with Gasteiger partial charge in [0.15, 0.2) is 0 Å². The van der Waals surface area contributed by atoms with Crippen LogP contribution >= 0.6 is 0 Å². The molecule has 2 aromatic rings. The predicted molar refractivity (Wildman–Crippen MR) is 91.4 cm³/mol. The summed E-state index contributed by atoms with van der Waals surface area (Å²) in [7, 11) is -0.400. The molecule has 1 aromatic heterocycles. The Balaban J connectivity index is 1.80. The van der Waals surface area contributed by atoms with Crippen LogP contribution in [-0.4, -0.2) is 43.5 Å². The van der Waals surface area contributed by atoms with Crippen LogP contribution in [0.15, 0.2) is 41.4 Å². The SMILES string of the molecule is COc1ccc(OC(=O)c2cc(S(=O)(=O)N3CCCC3)cn2C)cc1. The van der Waals surface area contributed by atoms with E-state index in [0.717, 1.165) is 12.8 Å². The van der Waals surface area contributed by atoms with Gasteiger partial charge in [0, 0.05) is 26.3 Å². The number of aryl methyl sites for hydroxylation is 1. The number of sulfonamides is 1. The monoisotopic (exact) mass is 364 g/mol. The first kappa shape index (κ1) is 17.5. The summed E-state index contributed by atoms with van der Waals surface area (Å²) in [5.74, 6) is 0.393. The number of rotatable bonds is 5. The smallest absolute Gasteiger partial charge is 0.360 e. The molecule has 0 amide bonds. The van der Waals surface area contributed by atoms with Crippen molar-refractivity contribution < 1.29 is 22.7 Å². The van der Waals surface area contributed by atoms with E-state index in [1.54, 1.807) is 38.4 Å². The second-order valence-electron chi connectivity index (χ2n) is 5.85. The van der Waals surface area contributed by atoms with E-state index in [9.17, 15) is 13.2 Å². The molecular weight excluding hydrogens is 344 g/mol. The standard InChI is InChI=1S/C17H20N2O5S/c1-18-12-15(25(21,22)19-9-3-4-10-19)11-16(18)17(20)24-14-7-5-13(23-2)6-8-14/h5-8,11-12H,3-4,9-10H2,1-2H3. The molecule has 1 saturated heterocycles. The third-order valence-electron chi connectivity index (χ3n) is 4.16. The quantitative estimate of drug-likeness (QED) is 0.599. The van der Waals surface area contributed by atoms with Gasteiger partial charge in [-0.3, -0.25) is 0 Å². The van der Waals surface area contributed by atoms with Crippen molar-refractivity contribution in [2.24, 2.45) is 7.05 Å². The minimum Gasteiger partial charge on any atom is -0.497 e. The number of hydrogen-bond acceptors (Lipinski definition) is 5. The highest BCUT2D eigenvalue weighted by atomic mass is 32.2. The van der Waals surface area contributed by atoms with Gasteiger partial charge in [-0.05, 0) is 43.2 Å². The van der Waals surface area contributed by atoms with Crippen LogP contribution in [0.3, 0.4) is 0 Å². The zero-order chi connectivity index (χ0) is 18.0. The molecule has 3 rings (SSSR count). The van der Waals surface area contributed by atoms with Crippen LogP contribution in [0.2, 0.25) is 0 Å². The summed E-state index contributed by atoms with van der Waals surface area (Å²) in [6.07, 6.45) is 3.16. The van der Waals surface area contributed by atoms with Crippen LogP contribution in [0.5, 0.6) is 11.5 Å². The van der Waals surface area contributed by atoms with Gasteiger partial charge in [-0.15, -0.1) is 0 Å². The van der Waals surface area contributed by atoms with Crippen LogP contribution in [-0.2, 0) is 17.1 Å². The number of aromatic nitrogens is 1. The Labute approximate surface area is 146 Å². The maximum Gasteiger partial charge on any atom is 0.360 e. The van der Waals surface area contributed by atoms with Crippen molar-refractivity contribution in [1.82, 2.24) is 8.87 Å². The second-order valence-corrected chi connectivity index (χ2v) is 7.79. The van der Waals surface area contributed by atoms with E-state index in [4.69, 9.17) is 9.47 Å². The molecule has 1 aromatic carbocycles. The predicted octanol–water partition coefficient (Wildman–Crippen LogP) is 2.04. The van der Waals surface area contributed by atoms with E-state index in [1.165, 1.54) is 21.1 Å². The highest BCUT2D eigenvalue weighted by Crippen LogP contribution is 2.24. The first-order chi connectivity index (χ1) is 11.9. The average Bonchev–Trinajstić information content (AvgIpc) is 3.25. The Morgan fingerprint density at radius 3 is 2.28 bits per heavy atom. The summed E-state index contributed by atoms with van der Waals surface area (Å²) < 4.78 is 38.5. The third-order valence-corrected chi connectivity index (χ3v) is 6.03. The third kappa shape index (κ3) is 3.54. The molecular formula is C17H20N2O5S. The van der Waals surface area contributed by atoms with Crippen molar-refractivity contribution in [3.63, 3.8) is 0 Å². The molecule has 0 aliphatic carbocycles. The molecule has 0 atom stereocenters. The van der Waals surface area contributed by atoms with Gasteiger partial charge in [-0.1, -0.05) is 0 Å². The minimum absolute atomic E-state index is 0.110. The largest absolute Gasteiger partial charge is 0.497 e. The first-order valence-corrected chi connectivity index (χ1v) is 9.38. The fraction of sp³-hybridized carbons (Fsp3) is 0.353. The molecule has 0 bridgehead atoms. The molecule has 0 unspecified atom stereocenters. The molecule has 1 fully saturated rings. The molecule has 25 heavy (non-hydrogen) atoms. The van der Waals surface area contributed by atoms with Gasteiger partial charge in [0.05, 0.1) is 7.11 Å². The number of hydrogen-bond donors (Lipinski definition) is 0. The molecule has 0 saturated carbocycles. The van der Waals surface area contributed by atoms with Gasteiger partial charge in [0.2, 0.25) is 10.0 Å². The van der Waals surface area contributed by atoms with Gasteiger partial charge in [0.25, 0.3) is 0 Å². The zero-order valence-corrected chi connectivity index (χ0v) is 15.0. The molecule has 2 heterocycles. The van der Waals surface area contributed by atoms with Crippen LogP contribution in [0.25, 0.3) is 0 Å². The lowest BCUT2D eigenvalue weighted by Gasteiger charge is -2.13. The van der Waals surface area contributed by atoms with E-state index in [-0.39, 0.29) is 10.6 Å². The van der Waals surface area contributed by atoms with Gasteiger partial charge >= 0.3 is 5.97 Å². The van der Waals surface area contributed by atoms with E-state index >= 15 is 0 Å². The van der Waals surface area contributed by atoms with E-state index in [2.05, 4.69) is 0 Å². The van der Waals surface area contributed by atoms with Crippen molar-refractivity contribution in [3.05, 3.63) is 42.2 Å². The Morgan fingerprint density at radius 2 is 1.68 bits per heavy atom. The number of carbonyl (C=O) groups is 1. The summed E-state index contributed by atoms with van der Waals surface area (Å²) in [6, 6.07) is 7.94. The lowest BCUT2D eigenvalue weighted by molar-refractivity contribution is 0.0724. The maximum atomic E-state index is 12.6. The Bertz CT molecular complexity index is 865. The van der Waals surface area contributed by atoms with Gasteiger partial charge in [-0.2, -0.15) is 4.31 Å². The van der Waals surface area contributed by atoms with Crippen molar-refractivity contribution in [2.75, 3.05) is 20.2 Å². The summed E-state index contributed by atoms with van der Waals surface area (Å²) in [4.78, 5) is 12.5. The highest BCUT2D eigenvalue weighted by molar-refractivity contribution is 7.89. The Morgan fingerprint density at radius 1 is 1.08 bits per heavy atom. The number of carbonyl (C=O) groups excluding carboxylic acids is 1. The molecule has 0 radical (unpaired) electrons. The van der Waals surface area contributed by atoms with Gasteiger partial charge in [-0.25, -0.2) is 13.2 Å². The van der Waals surface area contributed by atoms with Crippen LogP contribution in [0, 0.1) is 0 Å². The molecule has 134 valence electrons. The number of esters is 1. The summed E-state index contributed by atoms with van der Waals surface area (Å²) in [6.45, 7) is 1.03. The fourth-order valence-corrected chi connectivity index (χ4v) is 4.35. The second kappa shape index (κ2) is 6.89. The number of ether oxygens (including phenoxy) is 2. The molecule has 1 aliphatic heterocycles. The maximum absolute atomic E-state index is 12.6. The molecule has 7 nitrogen and oxygen atoms in total. The topological polar surface area (TPSA) is 77.8 Å². The van der Waals surface area contributed by atoms with Crippen molar-refractivity contribution >= 4 is 16.0 Å². The average molecular weight is 364 g/mol. The lowest BCUT2D eigenvalue weighted by atomic mass is 10.3. The molecule has 8 heteroatoms. The summed E-state index contributed by atoms with van der Waals surface area (Å²) >= 11 is 0. The zero-order valence-electron chi connectivity index (χ0n) is 14.1. The Hall–Kier alpha value is -2.32. The molecule has 1 aliphatic rings. The lowest BCUT2D eigenvalue weighted by Crippen LogP contribution is -2.27. The fourth-order valence-electron chi connectivity index (χ4n) is 2.76. The minimum atomic E-state index is -3.57.